The van der Waals surface area contributed by atoms with E-state index in [-0.39, 0.29) is 24.2 Å². The summed E-state index contributed by atoms with van der Waals surface area (Å²) in [4.78, 5) is 20.3. The van der Waals surface area contributed by atoms with Crippen molar-refractivity contribution >= 4 is 24.0 Å². The van der Waals surface area contributed by atoms with Crippen LogP contribution in [0.25, 0.3) is 11.1 Å². The number of carbonyl (C=O) groups is 1. The molecule has 0 saturated carbocycles. The number of carbonyl (C=O) groups excluding carboxylic acids is 1. The molecule has 1 amide bonds. The quantitative estimate of drug-likeness (QED) is 0.884. The van der Waals surface area contributed by atoms with Crippen LogP contribution in [0, 0.1) is 5.92 Å². The second kappa shape index (κ2) is 8.73. The lowest BCUT2D eigenvalue weighted by Gasteiger charge is -2.26. The number of anilines is 1. The first kappa shape index (κ1) is 18.3. The van der Waals surface area contributed by atoms with Gasteiger partial charge in [-0.05, 0) is 36.5 Å². The number of nitrogens with zero attached hydrogens (tertiary/aromatic N) is 2. The molecule has 1 fully saturated rings. The minimum absolute atomic E-state index is 0. The highest BCUT2D eigenvalue weighted by atomic mass is 35.5. The number of ether oxygens (including phenoxy) is 1. The van der Waals surface area contributed by atoms with Gasteiger partial charge in [0.05, 0.1) is 6.04 Å². The Bertz CT molecular complexity index is 645. The van der Waals surface area contributed by atoms with Crippen LogP contribution in [0.4, 0.5) is 5.69 Å². The molecule has 0 bridgehead atoms. The van der Waals surface area contributed by atoms with E-state index in [0.717, 1.165) is 29.7 Å². The lowest BCUT2D eigenvalue weighted by atomic mass is 9.92. The standard InChI is InChI=1S/C17H20N4O2.ClH/c18-16(13-5-7-23-8-6-13)17(22)21-15-3-1-12(2-4-15)14-9-19-11-20-10-14;/h1-4,9-11,13,16H,5-8,18H2,(H,21,22);1H. The smallest absolute Gasteiger partial charge is 0.241 e. The van der Waals surface area contributed by atoms with Gasteiger partial charge in [0.2, 0.25) is 5.91 Å². The van der Waals surface area contributed by atoms with Gasteiger partial charge in [-0.15, -0.1) is 12.4 Å². The molecule has 1 saturated heterocycles. The van der Waals surface area contributed by atoms with Crippen LogP contribution in [0.15, 0.2) is 43.0 Å². The first-order chi connectivity index (χ1) is 11.2. The highest BCUT2D eigenvalue weighted by molar-refractivity contribution is 5.95. The summed E-state index contributed by atoms with van der Waals surface area (Å²) >= 11 is 0. The lowest BCUT2D eigenvalue weighted by molar-refractivity contribution is -0.119. The second-order valence-corrected chi connectivity index (χ2v) is 5.67. The molecule has 128 valence electrons. The van der Waals surface area contributed by atoms with Crippen LogP contribution in [0.3, 0.4) is 0 Å². The summed E-state index contributed by atoms with van der Waals surface area (Å²) in [6.45, 7) is 1.36. The Hall–Kier alpha value is -2.02. The number of benzene rings is 1. The first-order valence-electron chi connectivity index (χ1n) is 7.73. The van der Waals surface area contributed by atoms with Crippen molar-refractivity contribution in [1.29, 1.82) is 0 Å². The lowest BCUT2D eigenvalue weighted by Crippen LogP contribution is -2.43. The van der Waals surface area contributed by atoms with Crippen molar-refractivity contribution in [2.24, 2.45) is 11.7 Å². The molecule has 1 atom stereocenters. The van der Waals surface area contributed by atoms with E-state index in [2.05, 4.69) is 15.3 Å². The fourth-order valence-corrected chi connectivity index (χ4v) is 2.71. The van der Waals surface area contributed by atoms with Crippen LogP contribution < -0.4 is 11.1 Å². The molecule has 0 spiro atoms. The zero-order chi connectivity index (χ0) is 16.1. The van der Waals surface area contributed by atoms with Gasteiger partial charge in [0.1, 0.15) is 6.33 Å². The molecule has 3 rings (SSSR count). The van der Waals surface area contributed by atoms with Crippen molar-refractivity contribution < 1.29 is 9.53 Å². The van der Waals surface area contributed by atoms with Crippen molar-refractivity contribution in [3.63, 3.8) is 0 Å². The van der Waals surface area contributed by atoms with Crippen LogP contribution in [0.5, 0.6) is 0 Å². The molecule has 6 nitrogen and oxygen atoms in total. The van der Waals surface area contributed by atoms with Crippen LogP contribution in [0.1, 0.15) is 12.8 Å². The zero-order valence-corrected chi connectivity index (χ0v) is 14.0. The van der Waals surface area contributed by atoms with Crippen molar-refractivity contribution in [2.75, 3.05) is 18.5 Å². The van der Waals surface area contributed by atoms with Gasteiger partial charge < -0.3 is 15.8 Å². The van der Waals surface area contributed by atoms with Crippen molar-refractivity contribution in [1.82, 2.24) is 9.97 Å². The highest BCUT2D eigenvalue weighted by Gasteiger charge is 2.26. The Labute approximate surface area is 147 Å². The molecule has 7 heteroatoms. The largest absolute Gasteiger partial charge is 0.381 e. The van der Waals surface area contributed by atoms with E-state index in [1.54, 1.807) is 12.4 Å². The molecule has 1 aromatic heterocycles. The normalized spacial score (nSPS) is 16.0. The third kappa shape index (κ3) is 4.50. The maximum absolute atomic E-state index is 12.3. The molecule has 0 aliphatic carbocycles. The van der Waals surface area contributed by atoms with Gasteiger partial charge in [-0.25, -0.2) is 9.97 Å². The van der Waals surface area contributed by atoms with E-state index in [9.17, 15) is 4.79 Å². The first-order valence-corrected chi connectivity index (χ1v) is 7.73. The van der Waals surface area contributed by atoms with Crippen LogP contribution in [0.2, 0.25) is 0 Å². The van der Waals surface area contributed by atoms with Gasteiger partial charge in [-0.1, -0.05) is 12.1 Å². The second-order valence-electron chi connectivity index (χ2n) is 5.67. The molecular formula is C17H21ClN4O2. The number of aromatic nitrogens is 2. The summed E-state index contributed by atoms with van der Waals surface area (Å²) in [6.07, 6.45) is 6.67. The van der Waals surface area contributed by atoms with Crippen molar-refractivity contribution in [2.45, 2.75) is 18.9 Å². The molecule has 3 N–H and O–H groups in total. The third-order valence-electron chi connectivity index (χ3n) is 4.12. The van der Waals surface area contributed by atoms with Gasteiger partial charge in [0, 0.05) is 36.9 Å². The van der Waals surface area contributed by atoms with Crippen LogP contribution in [-0.2, 0) is 9.53 Å². The molecule has 1 unspecified atom stereocenters. The molecule has 1 aliphatic rings. The van der Waals surface area contributed by atoms with E-state index in [0.29, 0.717) is 13.2 Å². The summed E-state index contributed by atoms with van der Waals surface area (Å²) in [7, 11) is 0. The SMILES string of the molecule is Cl.NC(C(=O)Nc1ccc(-c2cncnc2)cc1)C1CCOCC1. The minimum atomic E-state index is -0.499. The number of hydrogen-bond donors (Lipinski definition) is 2. The number of halogens is 1. The fourth-order valence-electron chi connectivity index (χ4n) is 2.71. The van der Waals surface area contributed by atoms with E-state index in [1.807, 2.05) is 24.3 Å². The van der Waals surface area contributed by atoms with E-state index >= 15 is 0 Å². The zero-order valence-electron chi connectivity index (χ0n) is 13.2. The molecule has 24 heavy (non-hydrogen) atoms. The Morgan fingerprint density at radius 2 is 1.75 bits per heavy atom. The maximum atomic E-state index is 12.3. The van der Waals surface area contributed by atoms with Crippen molar-refractivity contribution in [3.8, 4) is 11.1 Å². The molecule has 2 heterocycles. The van der Waals surface area contributed by atoms with Crippen LogP contribution >= 0.6 is 12.4 Å². The molecule has 1 aromatic carbocycles. The number of nitrogens with one attached hydrogen (secondary N) is 1. The summed E-state index contributed by atoms with van der Waals surface area (Å²) in [5.41, 5.74) is 8.74. The molecule has 1 aliphatic heterocycles. The average molecular weight is 349 g/mol. The number of nitrogens with two attached hydrogens (primary N) is 1. The number of amides is 1. The summed E-state index contributed by atoms with van der Waals surface area (Å²) in [6, 6.07) is 7.07. The Morgan fingerprint density at radius 1 is 1.12 bits per heavy atom. The van der Waals surface area contributed by atoms with E-state index < -0.39 is 6.04 Å². The number of rotatable bonds is 4. The monoisotopic (exact) mass is 348 g/mol. The maximum Gasteiger partial charge on any atom is 0.241 e. The Kier molecular flexibility index (Phi) is 6.66. The van der Waals surface area contributed by atoms with Gasteiger partial charge >= 0.3 is 0 Å². The molecular weight excluding hydrogens is 328 g/mol. The summed E-state index contributed by atoms with van der Waals surface area (Å²) < 4.78 is 5.31. The topological polar surface area (TPSA) is 90.1 Å². The third-order valence-corrected chi connectivity index (χ3v) is 4.12. The van der Waals surface area contributed by atoms with Gasteiger partial charge in [0.25, 0.3) is 0 Å². The van der Waals surface area contributed by atoms with Crippen LogP contribution in [-0.4, -0.2) is 35.1 Å². The van der Waals surface area contributed by atoms with Gasteiger partial charge in [0.15, 0.2) is 0 Å². The summed E-state index contributed by atoms with van der Waals surface area (Å²) in [5, 5.41) is 2.88. The summed E-state index contributed by atoms with van der Waals surface area (Å²) in [5.74, 6) is 0.0391. The average Bonchev–Trinajstić information content (AvgIpc) is 2.63. The Balaban J connectivity index is 0.00000208. The van der Waals surface area contributed by atoms with Crippen molar-refractivity contribution in [3.05, 3.63) is 43.0 Å². The predicted molar refractivity (Wildman–Crippen MR) is 94.9 cm³/mol. The number of hydrogen-bond acceptors (Lipinski definition) is 5. The highest BCUT2D eigenvalue weighted by Crippen LogP contribution is 2.21. The Morgan fingerprint density at radius 3 is 2.38 bits per heavy atom. The minimum Gasteiger partial charge on any atom is -0.381 e. The fraction of sp³-hybridized carbons (Fsp3) is 0.353. The van der Waals surface area contributed by atoms with Gasteiger partial charge in [-0.2, -0.15) is 0 Å². The molecule has 0 radical (unpaired) electrons. The molecule has 2 aromatic rings. The van der Waals surface area contributed by atoms with E-state index in [4.69, 9.17) is 10.5 Å². The van der Waals surface area contributed by atoms with E-state index in [1.165, 1.54) is 6.33 Å². The predicted octanol–water partition coefficient (Wildman–Crippen LogP) is 2.26. The van der Waals surface area contributed by atoms with Gasteiger partial charge in [-0.3, -0.25) is 4.79 Å².